The lowest BCUT2D eigenvalue weighted by molar-refractivity contribution is 1.22. The number of hydrogen-bond acceptors (Lipinski definition) is 4. The predicted octanol–water partition coefficient (Wildman–Crippen LogP) is 5.51. The molecule has 0 atom stereocenters. The topological polar surface area (TPSA) is 50.2 Å². The fourth-order valence-electron chi connectivity index (χ4n) is 2.62. The van der Waals surface area contributed by atoms with Gasteiger partial charge >= 0.3 is 0 Å². The van der Waals surface area contributed by atoms with Gasteiger partial charge in [-0.05, 0) is 18.2 Å². The highest BCUT2D eigenvalue weighted by atomic mass is 79.9. The van der Waals surface area contributed by atoms with E-state index in [0.717, 1.165) is 32.3 Å². The molecule has 0 saturated heterocycles. The Bertz CT molecular complexity index is 1080. The summed E-state index contributed by atoms with van der Waals surface area (Å²) in [6.07, 6.45) is 1.76. The Labute approximate surface area is 159 Å². The number of nitrogens with one attached hydrogen (secondary N) is 1. The van der Waals surface area contributed by atoms with Gasteiger partial charge in [-0.25, -0.2) is 9.97 Å². The highest BCUT2D eigenvalue weighted by Gasteiger charge is 2.10. The lowest BCUT2D eigenvalue weighted by Gasteiger charge is -2.09. The zero-order valence-corrected chi connectivity index (χ0v) is 15.4. The first-order valence-corrected chi connectivity index (χ1v) is 8.96. The van der Waals surface area contributed by atoms with Crippen LogP contribution in [0.25, 0.3) is 22.3 Å². The van der Waals surface area contributed by atoms with E-state index in [1.165, 1.54) is 0 Å². The van der Waals surface area contributed by atoms with Gasteiger partial charge in [0.2, 0.25) is 0 Å². The highest BCUT2D eigenvalue weighted by molar-refractivity contribution is 9.10. The van der Waals surface area contributed by atoms with Crippen molar-refractivity contribution in [2.24, 2.45) is 5.10 Å². The van der Waals surface area contributed by atoms with E-state index in [2.05, 4.69) is 26.5 Å². The number of rotatable bonds is 4. The second kappa shape index (κ2) is 7.45. The van der Waals surface area contributed by atoms with Crippen LogP contribution >= 0.6 is 15.9 Å². The maximum absolute atomic E-state index is 4.78. The minimum atomic E-state index is 0.623. The number of hydrazone groups is 1. The zero-order valence-electron chi connectivity index (χ0n) is 13.8. The summed E-state index contributed by atoms with van der Waals surface area (Å²) in [5, 5.41) is 4.36. The number of aromatic nitrogens is 2. The smallest absolute Gasteiger partial charge is 0.173 e. The normalized spacial score (nSPS) is 11.1. The summed E-state index contributed by atoms with van der Waals surface area (Å²) in [4.78, 5) is 9.49. The molecule has 4 nitrogen and oxygen atoms in total. The van der Waals surface area contributed by atoms with Gasteiger partial charge in [0.25, 0.3) is 0 Å². The summed E-state index contributed by atoms with van der Waals surface area (Å²) in [6, 6.07) is 25.7. The Hall–Kier alpha value is -3.05. The summed E-state index contributed by atoms with van der Waals surface area (Å²) in [6.45, 7) is 0. The van der Waals surface area contributed by atoms with Crippen LogP contribution in [-0.2, 0) is 0 Å². The maximum atomic E-state index is 4.78. The fraction of sp³-hybridized carbons (Fsp3) is 0. The van der Waals surface area contributed by atoms with Crippen molar-refractivity contribution in [2.45, 2.75) is 0 Å². The summed E-state index contributed by atoms with van der Waals surface area (Å²) >= 11 is 3.52. The molecular formula is C21H15BrN4. The molecule has 0 aliphatic heterocycles. The molecule has 4 rings (SSSR count). The van der Waals surface area contributed by atoms with Gasteiger partial charge in [0.1, 0.15) is 5.69 Å². The molecule has 126 valence electrons. The van der Waals surface area contributed by atoms with E-state index in [-0.39, 0.29) is 0 Å². The Morgan fingerprint density at radius 2 is 1.42 bits per heavy atom. The van der Waals surface area contributed by atoms with Gasteiger partial charge in [0, 0.05) is 15.6 Å². The van der Waals surface area contributed by atoms with E-state index in [9.17, 15) is 0 Å². The number of fused-ring (bicyclic) bond motifs is 1. The van der Waals surface area contributed by atoms with E-state index < -0.39 is 0 Å². The predicted molar refractivity (Wildman–Crippen MR) is 110 cm³/mol. The molecule has 1 heterocycles. The van der Waals surface area contributed by atoms with Crippen molar-refractivity contribution in [1.29, 1.82) is 0 Å². The van der Waals surface area contributed by atoms with Crippen LogP contribution < -0.4 is 5.43 Å². The van der Waals surface area contributed by atoms with Crippen LogP contribution in [0.5, 0.6) is 0 Å². The van der Waals surface area contributed by atoms with Gasteiger partial charge in [-0.2, -0.15) is 5.10 Å². The molecule has 3 aromatic carbocycles. The second-order valence-electron chi connectivity index (χ2n) is 5.67. The number of nitrogens with zero attached hydrogens (tertiary/aromatic N) is 3. The molecule has 0 saturated carbocycles. The molecule has 4 aromatic rings. The van der Waals surface area contributed by atoms with E-state index in [4.69, 9.17) is 9.97 Å². The number of para-hydroxylation sites is 2. The van der Waals surface area contributed by atoms with Crippen molar-refractivity contribution in [2.75, 3.05) is 5.43 Å². The summed E-state index contributed by atoms with van der Waals surface area (Å²) in [7, 11) is 0. The van der Waals surface area contributed by atoms with Gasteiger partial charge < -0.3 is 0 Å². The first kappa shape index (κ1) is 16.4. The quantitative estimate of drug-likeness (QED) is 0.361. The molecule has 0 aliphatic carbocycles. The molecule has 0 spiro atoms. The summed E-state index contributed by atoms with van der Waals surface area (Å²) in [5.41, 5.74) is 7.48. The van der Waals surface area contributed by atoms with Crippen LogP contribution in [0, 0.1) is 0 Å². The van der Waals surface area contributed by atoms with E-state index in [1.54, 1.807) is 6.21 Å². The monoisotopic (exact) mass is 402 g/mol. The molecule has 0 fully saturated rings. The summed E-state index contributed by atoms with van der Waals surface area (Å²) < 4.78 is 0.985. The molecule has 1 N–H and O–H groups in total. The lowest BCUT2D eigenvalue weighted by Crippen LogP contribution is -2.00. The Kier molecular flexibility index (Phi) is 4.71. The average molecular weight is 403 g/mol. The van der Waals surface area contributed by atoms with Gasteiger partial charge in [0.05, 0.1) is 17.2 Å². The molecule has 0 amide bonds. The van der Waals surface area contributed by atoms with Crippen LogP contribution in [0.3, 0.4) is 0 Å². The highest BCUT2D eigenvalue weighted by Crippen LogP contribution is 2.26. The molecule has 1 aromatic heterocycles. The Balaban J connectivity index is 1.74. The fourth-order valence-corrected chi connectivity index (χ4v) is 3.01. The molecule has 0 bridgehead atoms. The van der Waals surface area contributed by atoms with Crippen LogP contribution in [0.4, 0.5) is 5.82 Å². The van der Waals surface area contributed by atoms with Gasteiger partial charge in [-0.1, -0.05) is 76.6 Å². The van der Waals surface area contributed by atoms with Gasteiger partial charge in [-0.15, -0.1) is 0 Å². The molecule has 26 heavy (non-hydrogen) atoms. The van der Waals surface area contributed by atoms with Crippen LogP contribution in [0.15, 0.2) is 88.4 Å². The number of hydrogen-bond donors (Lipinski definition) is 1. The standard InChI is InChI=1S/C21H15BrN4/c22-17-11-5-4-10-16(17)14-23-26-21-20(15-8-2-1-3-9-15)24-18-12-6-7-13-19(18)25-21/h1-14H,(H,25,26)/b23-14+. The number of halogens is 1. The van der Waals surface area contributed by atoms with Gasteiger partial charge in [-0.3, -0.25) is 5.43 Å². The third-order valence-electron chi connectivity index (χ3n) is 3.90. The van der Waals surface area contributed by atoms with Crippen molar-refractivity contribution >= 4 is 39.0 Å². The van der Waals surface area contributed by atoms with Crippen molar-refractivity contribution in [1.82, 2.24) is 9.97 Å². The number of anilines is 1. The number of benzene rings is 3. The van der Waals surface area contributed by atoms with E-state index in [0.29, 0.717) is 5.82 Å². The molecular weight excluding hydrogens is 388 g/mol. The first-order valence-electron chi connectivity index (χ1n) is 8.17. The minimum absolute atomic E-state index is 0.623. The van der Waals surface area contributed by atoms with Crippen molar-refractivity contribution < 1.29 is 0 Å². The summed E-state index contributed by atoms with van der Waals surface area (Å²) in [5.74, 6) is 0.623. The van der Waals surface area contributed by atoms with Crippen molar-refractivity contribution in [3.05, 3.63) is 88.9 Å². The third kappa shape index (κ3) is 3.48. The maximum Gasteiger partial charge on any atom is 0.173 e. The third-order valence-corrected chi connectivity index (χ3v) is 4.62. The molecule has 5 heteroatoms. The van der Waals surface area contributed by atoms with E-state index >= 15 is 0 Å². The molecule has 0 aliphatic rings. The molecule has 0 unspecified atom stereocenters. The second-order valence-corrected chi connectivity index (χ2v) is 6.52. The molecule has 0 radical (unpaired) electrons. The van der Waals surface area contributed by atoms with Crippen molar-refractivity contribution in [3.63, 3.8) is 0 Å². The van der Waals surface area contributed by atoms with Crippen molar-refractivity contribution in [3.8, 4) is 11.3 Å². The Morgan fingerprint density at radius 1 is 0.769 bits per heavy atom. The van der Waals surface area contributed by atoms with Crippen LogP contribution in [0.1, 0.15) is 5.56 Å². The van der Waals surface area contributed by atoms with Gasteiger partial charge in [0.15, 0.2) is 5.82 Å². The minimum Gasteiger partial charge on any atom is -0.260 e. The zero-order chi connectivity index (χ0) is 17.8. The lowest BCUT2D eigenvalue weighted by atomic mass is 10.1. The average Bonchev–Trinajstić information content (AvgIpc) is 2.69. The Morgan fingerprint density at radius 3 is 2.19 bits per heavy atom. The van der Waals surface area contributed by atoms with E-state index in [1.807, 2.05) is 78.9 Å². The largest absolute Gasteiger partial charge is 0.260 e. The van der Waals surface area contributed by atoms with Crippen LogP contribution in [0.2, 0.25) is 0 Å². The SMILES string of the molecule is Brc1ccccc1/C=N/Nc1nc2ccccc2nc1-c1ccccc1. The van der Waals surface area contributed by atoms with Crippen LogP contribution in [-0.4, -0.2) is 16.2 Å². The first-order chi connectivity index (χ1) is 12.8.